The average Bonchev–Trinajstić information content (AvgIpc) is 1.72. The lowest BCUT2D eigenvalue weighted by molar-refractivity contribution is 1.20. The highest BCUT2D eigenvalue weighted by molar-refractivity contribution is 6.52. The van der Waals surface area contributed by atoms with Crippen LogP contribution in [-0.2, 0) is 0 Å². The van der Waals surface area contributed by atoms with Gasteiger partial charge in [0.1, 0.15) is 0 Å². The van der Waals surface area contributed by atoms with Crippen LogP contribution in [0.3, 0.4) is 0 Å². The minimum atomic E-state index is 0.655. The van der Waals surface area contributed by atoms with Crippen molar-refractivity contribution in [3.8, 4) is 0 Å². The molecule has 0 amide bonds. The molecule has 0 unspecified atom stereocenters. The minimum absolute atomic E-state index is 0.655. The van der Waals surface area contributed by atoms with Crippen molar-refractivity contribution in [2.45, 2.75) is 33.2 Å². The van der Waals surface area contributed by atoms with E-state index in [2.05, 4.69) is 20.4 Å². The Morgan fingerprint density at radius 1 is 1.29 bits per heavy atom. The van der Waals surface area contributed by atoms with Crippen molar-refractivity contribution in [2.75, 3.05) is 0 Å². The van der Waals surface area contributed by atoms with Crippen LogP contribution in [0.25, 0.3) is 0 Å². The molecule has 0 heterocycles. The molecular weight excluding hydrogens is 100 g/mol. The van der Waals surface area contributed by atoms with E-state index in [0.717, 1.165) is 0 Å². The zero-order valence-electron chi connectivity index (χ0n) is 5.49. The van der Waals surface area contributed by atoms with Crippen LogP contribution in [0.15, 0.2) is 0 Å². The number of rotatable bonds is 2. The van der Waals surface area contributed by atoms with Gasteiger partial charge in [0.25, 0.3) is 0 Å². The second kappa shape index (κ2) is 4.25. The highest BCUT2D eigenvalue weighted by Crippen LogP contribution is 1.84. The van der Waals surface area contributed by atoms with Crippen LogP contribution in [0.4, 0.5) is 0 Å². The fourth-order valence-electron chi connectivity index (χ4n) is 0.658. The zero-order chi connectivity index (χ0) is 5.70. The molecule has 0 aromatic rings. The molecule has 0 aromatic carbocycles. The molecule has 0 aromatic heterocycles. The van der Waals surface area contributed by atoms with Crippen LogP contribution in [0.1, 0.15) is 26.7 Å². The normalized spacial score (nSPS) is 8.43. The molecule has 0 rings (SSSR count). The highest BCUT2D eigenvalue weighted by Gasteiger charge is 1.82. The summed E-state index contributed by atoms with van der Waals surface area (Å²) >= 11 is 0. The van der Waals surface area contributed by atoms with Gasteiger partial charge in [0, 0.05) is 0 Å². The monoisotopic (exact) mass is 114 g/mol. The van der Waals surface area contributed by atoms with Gasteiger partial charge in [0.05, 0.1) is 0 Å². The molecule has 0 saturated heterocycles. The predicted octanol–water partition coefficient (Wildman–Crippen LogP) is 1.46. The molecule has 0 fully saturated rings. The lowest BCUT2D eigenvalue weighted by atomic mass is 10.3. The van der Waals surface area contributed by atoms with E-state index in [0.29, 0.717) is 9.13 Å². The summed E-state index contributed by atoms with van der Waals surface area (Å²) in [4.78, 5) is 0. The van der Waals surface area contributed by atoms with Crippen LogP contribution in [0.5, 0.6) is 0 Å². The second-order valence-electron chi connectivity index (χ2n) is 1.65. The van der Waals surface area contributed by atoms with Gasteiger partial charge in [-0.25, -0.2) is 0 Å². The van der Waals surface area contributed by atoms with E-state index in [9.17, 15) is 0 Å². The molecule has 0 aliphatic carbocycles. The lowest BCUT2D eigenvalue weighted by Crippen LogP contribution is -1.96. The molecule has 0 aliphatic heterocycles. The summed E-state index contributed by atoms with van der Waals surface area (Å²) in [5.74, 6) is 0. The Morgan fingerprint density at radius 2 is 1.71 bits per heavy atom. The first-order valence-corrected chi connectivity index (χ1v) is 4.72. The molecule has 0 atom stereocenters. The fraction of sp³-hybridized carbons (Fsp3) is 0.833. The van der Waals surface area contributed by atoms with Crippen molar-refractivity contribution in [3.05, 3.63) is 0 Å². The van der Waals surface area contributed by atoms with E-state index >= 15 is 0 Å². The quantitative estimate of drug-likeness (QED) is 0.477. The van der Waals surface area contributed by atoms with Gasteiger partial charge in [-0.05, 0) is 22.0 Å². The summed E-state index contributed by atoms with van der Waals surface area (Å²) in [5.41, 5.74) is 0. The van der Waals surface area contributed by atoms with Gasteiger partial charge >= 0.3 is 0 Å². The second-order valence-corrected chi connectivity index (χ2v) is 3.05. The Balaban J connectivity index is 3.38. The summed E-state index contributed by atoms with van der Waals surface area (Å²) in [5, 5.41) is 1.76. The molecule has 0 saturated carbocycles. The average molecular weight is 114 g/mol. The standard InChI is InChI=1S/C6H14Si/c1-4-6(5-2)7-3/h7H,4-5H2,1-3H3. The largest absolute Gasteiger partial charge is 0.0934 e. The third-order valence-electron chi connectivity index (χ3n) is 1.32. The Kier molecular flexibility index (Phi) is 4.30. The molecule has 42 valence electrons. The van der Waals surface area contributed by atoms with Gasteiger partial charge in [0.2, 0.25) is 0 Å². The molecule has 1 heteroatoms. The molecule has 0 N–H and O–H groups in total. The first-order valence-electron chi connectivity index (χ1n) is 2.99. The summed E-state index contributed by atoms with van der Waals surface area (Å²) < 4.78 is 0. The van der Waals surface area contributed by atoms with E-state index in [1.807, 2.05) is 0 Å². The smallest absolute Gasteiger partial charge is 0.0111 e. The molecule has 0 spiro atoms. The third kappa shape index (κ3) is 2.74. The first-order chi connectivity index (χ1) is 3.35. The van der Waals surface area contributed by atoms with E-state index in [1.165, 1.54) is 12.8 Å². The lowest BCUT2D eigenvalue weighted by Gasteiger charge is -1.93. The summed E-state index contributed by atoms with van der Waals surface area (Å²) in [6.07, 6.45) is 2.62. The van der Waals surface area contributed by atoms with Gasteiger partial charge in [-0.15, -0.1) is 0 Å². The van der Waals surface area contributed by atoms with E-state index in [1.54, 1.807) is 5.17 Å². The van der Waals surface area contributed by atoms with E-state index in [4.69, 9.17) is 0 Å². The van der Waals surface area contributed by atoms with Crippen molar-refractivity contribution in [2.24, 2.45) is 0 Å². The van der Waals surface area contributed by atoms with Gasteiger partial charge in [-0.3, -0.25) is 0 Å². The SMILES string of the molecule is CCC(CC)=[SiH]C. The fourth-order valence-corrected chi connectivity index (χ4v) is 1.47. The Hall–Kier alpha value is 0.0869. The van der Waals surface area contributed by atoms with Crippen molar-refractivity contribution in [1.82, 2.24) is 0 Å². The molecular formula is C6H14Si. The first kappa shape index (κ1) is 7.09. The van der Waals surface area contributed by atoms with Gasteiger partial charge < -0.3 is 0 Å². The van der Waals surface area contributed by atoms with Crippen molar-refractivity contribution >= 4 is 14.3 Å². The molecule has 7 heavy (non-hydrogen) atoms. The Morgan fingerprint density at radius 3 is 1.71 bits per heavy atom. The van der Waals surface area contributed by atoms with Gasteiger partial charge in [-0.2, -0.15) is 0 Å². The van der Waals surface area contributed by atoms with Crippen LogP contribution >= 0.6 is 0 Å². The maximum absolute atomic E-state index is 2.31. The maximum Gasteiger partial charge on any atom is -0.0111 e. The predicted molar refractivity (Wildman–Crippen MR) is 38.6 cm³/mol. The molecule has 0 aliphatic rings. The van der Waals surface area contributed by atoms with Crippen molar-refractivity contribution in [1.29, 1.82) is 0 Å². The molecule has 0 bridgehead atoms. The highest BCUT2D eigenvalue weighted by atomic mass is 28.2. The topological polar surface area (TPSA) is 0 Å². The van der Waals surface area contributed by atoms with E-state index in [-0.39, 0.29) is 0 Å². The summed E-state index contributed by atoms with van der Waals surface area (Å²) in [7, 11) is 0.655. The number of hydrogen-bond acceptors (Lipinski definition) is 0. The minimum Gasteiger partial charge on any atom is -0.0934 e. The van der Waals surface area contributed by atoms with Gasteiger partial charge in [-0.1, -0.05) is 25.6 Å². The van der Waals surface area contributed by atoms with Crippen LogP contribution < -0.4 is 0 Å². The Labute approximate surface area is 48.4 Å². The van der Waals surface area contributed by atoms with Crippen LogP contribution in [0.2, 0.25) is 6.55 Å². The van der Waals surface area contributed by atoms with E-state index < -0.39 is 0 Å². The summed E-state index contributed by atoms with van der Waals surface area (Å²) in [6, 6.07) is 0. The molecule has 0 nitrogen and oxygen atoms in total. The third-order valence-corrected chi connectivity index (χ3v) is 2.95. The number of hydrogen-bond donors (Lipinski definition) is 0. The van der Waals surface area contributed by atoms with Gasteiger partial charge in [0.15, 0.2) is 0 Å². The molecule has 0 radical (unpaired) electrons. The van der Waals surface area contributed by atoms with Crippen LogP contribution in [0, 0.1) is 0 Å². The van der Waals surface area contributed by atoms with Crippen molar-refractivity contribution in [3.63, 3.8) is 0 Å². The van der Waals surface area contributed by atoms with Crippen molar-refractivity contribution < 1.29 is 0 Å². The zero-order valence-corrected chi connectivity index (χ0v) is 6.65. The Bertz CT molecular complexity index is 58.6. The van der Waals surface area contributed by atoms with Crippen LogP contribution in [-0.4, -0.2) is 14.3 Å². The maximum atomic E-state index is 2.31. The summed E-state index contributed by atoms with van der Waals surface area (Å²) in [6.45, 7) is 6.80.